The molecule has 0 bridgehead atoms. The van der Waals surface area contributed by atoms with Crippen LogP contribution in [0.15, 0.2) is 75.0 Å². The molecule has 1 heterocycles. The van der Waals surface area contributed by atoms with Crippen molar-refractivity contribution in [3.8, 4) is 0 Å². The van der Waals surface area contributed by atoms with Crippen molar-refractivity contribution < 1.29 is 17.6 Å². The quantitative estimate of drug-likeness (QED) is 0.732. The Labute approximate surface area is 161 Å². The maximum atomic E-state index is 13.1. The molecule has 1 saturated heterocycles. The third-order valence-corrected chi connectivity index (χ3v) is 5.86. The number of anilines is 1. The van der Waals surface area contributed by atoms with Gasteiger partial charge in [0.2, 0.25) is 0 Å². The Morgan fingerprint density at radius 1 is 1.07 bits per heavy atom. The fourth-order valence-corrected chi connectivity index (χ4v) is 4.56. The molecule has 0 spiro atoms. The molecule has 6 nitrogen and oxygen atoms in total. The van der Waals surface area contributed by atoms with Gasteiger partial charge in [-0.1, -0.05) is 18.2 Å². The maximum absolute atomic E-state index is 13.1. The van der Waals surface area contributed by atoms with Gasteiger partial charge in [-0.3, -0.25) is 9.69 Å². The van der Waals surface area contributed by atoms with Gasteiger partial charge in [0.15, 0.2) is 5.17 Å². The van der Waals surface area contributed by atoms with E-state index in [9.17, 15) is 17.6 Å². The highest BCUT2D eigenvalue weighted by Gasteiger charge is 2.36. The molecule has 0 aliphatic carbocycles. The van der Waals surface area contributed by atoms with Crippen molar-refractivity contribution in [2.45, 2.75) is 4.90 Å². The first kappa shape index (κ1) is 19.1. The summed E-state index contributed by atoms with van der Waals surface area (Å²) in [4.78, 5) is 15.9. The van der Waals surface area contributed by atoms with Gasteiger partial charge in [-0.15, -0.1) is 4.40 Å². The Bertz CT molecular complexity index is 1020. The van der Waals surface area contributed by atoms with Crippen LogP contribution in [-0.2, 0) is 14.8 Å². The second-order valence-electron chi connectivity index (χ2n) is 5.84. The number of thioether (sulfide) groups is 1. The highest BCUT2D eigenvalue weighted by molar-refractivity contribution is 8.19. The number of rotatable bonds is 4. The Balaban J connectivity index is 2.08. The number of amides is 1. The van der Waals surface area contributed by atoms with E-state index in [-0.39, 0.29) is 16.0 Å². The van der Waals surface area contributed by atoms with E-state index in [4.69, 9.17) is 0 Å². The second kappa shape index (κ2) is 7.53. The Morgan fingerprint density at radius 3 is 2.30 bits per heavy atom. The summed E-state index contributed by atoms with van der Waals surface area (Å²) in [6.45, 7) is 0. The first-order chi connectivity index (χ1) is 12.8. The number of hydrogen-bond acceptors (Lipinski definition) is 5. The minimum atomic E-state index is -4.11. The number of amidine groups is 1. The fraction of sp³-hybridized carbons (Fsp3) is 0.111. The number of para-hydroxylation sites is 1. The number of nitrogens with zero attached hydrogens (tertiary/aromatic N) is 3. The molecular formula is C18H16FN3O3S2. The van der Waals surface area contributed by atoms with Gasteiger partial charge in [0, 0.05) is 20.3 Å². The lowest BCUT2D eigenvalue weighted by molar-refractivity contribution is -0.113. The average Bonchev–Trinajstić information content (AvgIpc) is 2.90. The first-order valence-corrected chi connectivity index (χ1v) is 10.1. The zero-order chi connectivity index (χ0) is 19.6. The number of halogens is 1. The summed E-state index contributed by atoms with van der Waals surface area (Å²) in [5.41, 5.74) is 0.505. The third kappa shape index (κ3) is 4.20. The molecule has 1 aliphatic heterocycles. The van der Waals surface area contributed by atoms with Gasteiger partial charge >= 0.3 is 0 Å². The van der Waals surface area contributed by atoms with Crippen LogP contribution in [0.4, 0.5) is 10.1 Å². The number of carbonyl (C=O) groups is 1. The maximum Gasteiger partial charge on any atom is 0.284 e. The van der Waals surface area contributed by atoms with Gasteiger partial charge in [-0.2, -0.15) is 8.42 Å². The summed E-state index contributed by atoms with van der Waals surface area (Å²) in [5, 5.41) is 0.0172. The monoisotopic (exact) mass is 405 g/mol. The topological polar surface area (TPSA) is 70.1 Å². The molecular weight excluding hydrogens is 389 g/mol. The van der Waals surface area contributed by atoms with Crippen LogP contribution in [0.1, 0.15) is 0 Å². The zero-order valence-corrected chi connectivity index (χ0v) is 16.2. The summed E-state index contributed by atoms with van der Waals surface area (Å²) in [6, 6.07) is 13.0. The normalized spacial score (nSPS) is 17.7. The van der Waals surface area contributed by atoms with Crippen LogP contribution >= 0.6 is 11.8 Å². The smallest absolute Gasteiger partial charge is 0.284 e. The number of carbonyl (C=O) groups excluding carboxylic acids is 1. The number of sulfonamides is 1. The molecule has 0 saturated carbocycles. The SMILES string of the molecule is CN(C)/C=C1/SC(=NS(=O)(=O)c2ccc(F)cc2)N(c2ccccc2)C1=O. The molecule has 1 aliphatic rings. The van der Waals surface area contributed by atoms with Crippen molar-refractivity contribution in [1.82, 2.24) is 4.90 Å². The Hall–Kier alpha value is -2.65. The van der Waals surface area contributed by atoms with Crippen molar-refractivity contribution in [1.29, 1.82) is 0 Å². The van der Waals surface area contributed by atoms with E-state index in [1.165, 1.54) is 4.90 Å². The lowest BCUT2D eigenvalue weighted by Gasteiger charge is -2.15. The first-order valence-electron chi connectivity index (χ1n) is 7.84. The van der Waals surface area contributed by atoms with Gasteiger partial charge in [-0.05, 0) is 48.2 Å². The van der Waals surface area contributed by atoms with Crippen LogP contribution in [0.25, 0.3) is 0 Å². The summed E-state index contributed by atoms with van der Waals surface area (Å²) >= 11 is 0.967. The van der Waals surface area contributed by atoms with Gasteiger partial charge in [-0.25, -0.2) is 4.39 Å². The van der Waals surface area contributed by atoms with E-state index in [1.807, 2.05) is 0 Å². The molecule has 1 fully saturated rings. The van der Waals surface area contributed by atoms with Crippen LogP contribution < -0.4 is 4.90 Å². The lowest BCUT2D eigenvalue weighted by atomic mass is 10.3. The average molecular weight is 405 g/mol. The number of benzene rings is 2. The minimum absolute atomic E-state index is 0.0172. The lowest BCUT2D eigenvalue weighted by Crippen LogP contribution is -2.29. The van der Waals surface area contributed by atoms with Crippen LogP contribution in [-0.4, -0.2) is 38.5 Å². The van der Waals surface area contributed by atoms with E-state index in [2.05, 4.69) is 4.40 Å². The highest BCUT2D eigenvalue weighted by Crippen LogP contribution is 2.35. The van der Waals surface area contributed by atoms with Crippen molar-refractivity contribution in [3.63, 3.8) is 0 Å². The van der Waals surface area contributed by atoms with Gasteiger partial charge in [0.25, 0.3) is 15.9 Å². The molecule has 0 atom stereocenters. The van der Waals surface area contributed by atoms with Gasteiger partial charge < -0.3 is 4.90 Å². The van der Waals surface area contributed by atoms with Crippen molar-refractivity contribution >= 4 is 38.5 Å². The van der Waals surface area contributed by atoms with E-state index in [1.54, 1.807) is 55.5 Å². The van der Waals surface area contributed by atoms with Crippen LogP contribution in [0, 0.1) is 5.82 Å². The second-order valence-corrected chi connectivity index (χ2v) is 8.45. The van der Waals surface area contributed by atoms with Crippen LogP contribution in [0.3, 0.4) is 0 Å². The summed E-state index contributed by atoms with van der Waals surface area (Å²) in [5.74, 6) is -0.915. The fourth-order valence-electron chi connectivity index (χ4n) is 2.33. The molecule has 2 aromatic rings. The highest BCUT2D eigenvalue weighted by atomic mass is 32.2. The van der Waals surface area contributed by atoms with Gasteiger partial charge in [0.1, 0.15) is 5.82 Å². The molecule has 0 radical (unpaired) electrons. The van der Waals surface area contributed by atoms with Crippen LogP contribution in [0.2, 0.25) is 0 Å². The van der Waals surface area contributed by atoms with E-state index >= 15 is 0 Å². The largest absolute Gasteiger partial charge is 0.382 e. The van der Waals surface area contributed by atoms with Crippen molar-refractivity contribution in [3.05, 3.63) is 71.5 Å². The van der Waals surface area contributed by atoms with Crippen molar-refractivity contribution in [2.75, 3.05) is 19.0 Å². The van der Waals surface area contributed by atoms with E-state index in [0.717, 1.165) is 36.0 Å². The summed E-state index contributed by atoms with van der Waals surface area (Å²) in [7, 11) is -0.587. The zero-order valence-electron chi connectivity index (χ0n) is 14.5. The minimum Gasteiger partial charge on any atom is -0.382 e. The summed E-state index contributed by atoms with van der Waals surface area (Å²) in [6.07, 6.45) is 1.61. The molecule has 0 N–H and O–H groups in total. The summed E-state index contributed by atoms with van der Waals surface area (Å²) < 4.78 is 42.2. The molecule has 9 heteroatoms. The molecule has 2 aromatic carbocycles. The predicted molar refractivity (Wildman–Crippen MR) is 104 cm³/mol. The van der Waals surface area contributed by atoms with E-state index in [0.29, 0.717) is 10.6 Å². The van der Waals surface area contributed by atoms with Crippen molar-refractivity contribution in [2.24, 2.45) is 4.40 Å². The molecule has 1 amide bonds. The molecule has 27 heavy (non-hydrogen) atoms. The number of hydrogen-bond donors (Lipinski definition) is 0. The molecule has 0 unspecified atom stereocenters. The molecule has 3 rings (SSSR count). The predicted octanol–water partition coefficient (Wildman–Crippen LogP) is 3.05. The molecule has 140 valence electrons. The Kier molecular flexibility index (Phi) is 5.33. The van der Waals surface area contributed by atoms with Gasteiger partial charge in [0.05, 0.1) is 15.5 Å². The molecule has 0 aromatic heterocycles. The standard InChI is InChI=1S/C18H16FN3O3S2/c1-21(2)12-16-17(23)22(14-6-4-3-5-7-14)18(26-16)20-27(24,25)15-10-8-13(19)9-11-15/h3-12H,1-2H3/b16-12+,20-18?. The van der Waals surface area contributed by atoms with E-state index < -0.39 is 15.8 Å². The third-order valence-electron chi connectivity index (χ3n) is 3.51. The Morgan fingerprint density at radius 2 is 1.70 bits per heavy atom. The van der Waals surface area contributed by atoms with Crippen LogP contribution in [0.5, 0.6) is 0 Å².